The molecular formula is C6H5F7O2. The highest BCUT2D eigenvalue weighted by molar-refractivity contribution is 5.00. The lowest BCUT2D eigenvalue weighted by Crippen LogP contribution is -2.45. The van der Waals surface area contributed by atoms with Gasteiger partial charge in [-0.2, -0.15) is 17.6 Å². The maximum Gasteiger partial charge on any atom is 0.525 e. The summed E-state index contributed by atoms with van der Waals surface area (Å²) in [6, 6.07) is 0. The molecule has 0 aromatic rings. The Balaban J connectivity index is 4.96. The lowest BCUT2D eigenvalue weighted by atomic mass is 10.2. The van der Waals surface area contributed by atoms with Gasteiger partial charge in [-0.3, -0.25) is 0 Å². The first-order chi connectivity index (χ1) is 6.52. The van der Waals surface area contributed by atoms with Gasteiger partial charge in [-0.1, -0.05) is 6.08 Å². The van der Waals surface area contributed by atoms with Gasteiger partial charge in [-0.05, 0) is 6.08 Å². The molecule has 0 unspecified atom stereocenters. The first-order valence-corrected chi connectivity index (χ1v) is 3.33. The van der Waals surface area contributed by atoms with Gasteiger partial charge in [0.25, 0.3) is 0 Å². The van der Waals surface area contributed by atoms with Crippen molar-refractivity contribution < 1.29 is 40.6 Å². The summed E-state index contributed by atoms with van der Waals surface area (Å²) in [4.78, 5) is 0. The normalized spacial score (nSPS) is 18.1. The number of aliphatic hydroxyl groups excluding tert-OH is 1. The molecule has 0 radical (unpaired) electrons. The molecule has 0 saturated carbocycles. The molecule has 0 aliphatic heterocycles. The lowest BCUT2D eigenvalue weighted by Gasteiger charge is -2.25. The molecule has 0 aliphatic rings. The van der Waals surface area contributed by atoms with Crippen LogP contribution in [0, 0.1) is 0 Å². The Morgan fingerprint density at radius 3 is 1.73 bits per heavy atom. The fraction of sp³-hybridized carbons (Fsp3) is 0.667. The van der Waals surface area contributed by atoms with Gasteiger partial charge in [-0.25, -0.2) is 4.74 Å². The molecule has 0 rings (SSSR count). The quantitative estimate of drug-likeness (QED) is 0.607. The summed E-state index contributed by atoms with van der Waals surface area (Å²) in [7, 11) is 0. The Labute approximate surface area is 78.9 Å². The second kappa shape index (κ2) is 4.35. The summed E-state index contributed by atoms with van der Waals surface area (Å²) in [5, 5.41) is 8.04. The smallest absolute Gasteiger partial charge is 0.392 e. The molecule has 0 aromatic heterocycles. The summed E-state index contributed by atoms with van der Waals surface area (Å²) < 4.78 is 84.8. The van der Waals surface area contributed by atoms with Crippen LogP contribution >= 0.6 is 0 Å². The van der Waals surface area contributed by atoms with Crippen LogP contribution in [-0.2, 0) is 4.74 Å². The zero-order chi connectivity index (χ0) is 12.3. The third-order valence-corrected chi connectivity index (χ3v) is 1.09. The molecule has 2 nitrogen and oxygen atoms in total. The lowest BCUT2D eigenvalue weighted by molar-refractivity contribution is -0.432. The van der Waals surface area contributed by atoms with E-state index in [2.05, 4.69) is 4.74 Å². The Morgan fingerprint density at radius 1 is 1.00 bits per heavy atom. The molecule has 1 N–H and O–H groups in total. The van der Waals surface area contributed by atoms with E-state index >= 15 is 0 Å². The zero-order valence-corrected chi connectivity index (χ0v) is 6.86. The molecule has 0 amide bonds. The Kier molecular flexibility index (Phi) is 4.11. The summed E-state index contributed by atoms with van der Waals surface area (Å²) in [6.45, 7) is -1.05. The highest BCUT2D eigenvalue weighted by Crippen LogP contribution is 2.40. The summed E-state index contributed by atoms with van der Waals surface area (Å²) >= 11 is 0. The van der Waals surface area contributed by atoms with Gasteiger partial charge in [0, 0.05) is 0 Å². The van der Waals surface area contributed by atoms with Gasteiger partial charge in [0.15, 0.2) is 0 Å². The monoisotopic (exact) mass is 242 g/mol. The largest absolute Gasteiger partial charge is 0.525 e. The number of hydrogen-bond donors (Lipinski definition) is 1. The Hall–Kier alpha value is -0.830. The molecule has 0 saturated heterocycles. The zero-order valence-electron chi connectivity index (χ0n) is 6.86. The van der Waals surface area contributed by atoms with Gasteiger partial charge in [0.05, 0.1) is 6.61 Å². The average molecular weight is 242 g/mol. The maximum absolute atomic E-state index is 12.7. The number of alkyl halides is 7. The SMILES string of the molecule is OC/C=C/[C@@](F)(OC(F)(F)F)C(F)(F)F. The number of halogens is 7. The number of ether oxygens (including phenoxy) is 1. The van der Waals surface area contributed by atoms with Crippen LogP contribution in [0.5, 0.6) is 0 Å². The van der Waals surface area contributed by atoms with Crippen LogP contribution < -0.4 is 0 Å². The molecule has 0 bridgehead atoms. The molecule has 0 aromatic carbocycles. The molecule has 0 fully saturated rings. The number of hydrogen-bond acceptors (Lipinski definition) is 2. The third kappa shape index (κ3) is 4.47. The van der Waals surface area contributed by atoms with Gasteiger partial charge in [-0.15, -0.1) is 13.2 Å². The highest BCUT2D eigenvalue weighted by Gasteiger charge is 2.61. The molecule has 1 atom stereocenters. The van der Waals surface area contributed by atoms with Crippen LogP contribution in [0.1, 0.15) is 0 Å². The van der Waals surface area contributed by atoms with Crippen LogP contribution in [0.2, 0.25) is 0 Å². The van der Waals surface area contributed by atoms with Crippen molar-refractivity contribution in [2.75, 3.05) is 6.61 Å². The minimum Gasteiger partial charge on any atom is -0.392 e. The Bertz CT molecular complexity index is 231. The first kappa shape index (κ1) is 14.2. The minimum atomic E-state index is -5.89. The van der Waals surface area contributed by atoms with Gasteiger partial charge < -0.3 is 5.11 Å². The summed E-state index contributed by atoms with van der Waals surface area (Å²) in [5.41, 5.74) is 0. The highest BCUT2D eigenvalue weighted by atomic mass is 19.4. The summed E-state index contributed by atoms with van der Waals surface area (Å²) in [5.74, 6) is -4.99. The first-order valence-electron chi connectivity index (χ1n) is 3.33. The second-order valence-electron chi connectivity index (χ2n) is 2.28. The average Bonchev–Trinajstić information content (AvgIpc) is 1.95. The molecule has 15 heavy (non-hydrogen) atoms. The fourth-order valence-electron chi connectivity index (χ4n) is 0.559. The molecule has 0 spiro atoms. The van der Waals surface area contributed by atoms with E-state index in [0.29, 0.717) is 0 Å². The van der Waals surface area contributed by atoms with Crippen LogP contribution in [0.3, 0.4) is 0 Å². The van der Waals surface area contributed by atoms with Gasteiger partial charge in [0.1, 0.15) is 0 Å². The van der Waals surface area contributed by atoms with Crippen molar-refractivity contribution in [3.05, 3.63) is 12.2 Å². The van der Waals surface area contributed by atoms with Crippen LogP contribution in [0.4, 0.5) is 30.7 Å². The van der Waals surface area contributed by atoms with Gasteiger partial charge >= 0.3 is 18.4 Å². The van der Waals surface area contributed by atoms with E-state index < -0.39 is 31.1 Å². The molecule has 0 aliphatic carbocycles. The fourth-order valence-corrected chi connectivity index (χ4v) is 0.559. The predicted octanol–water partition coefficient (Wildman–Crippen LogP) is 2.30. The van der Waals surface area contributed by atoms with Gasteiger partial charge in [0.2, 0.25) is 0 Å². The van der Waals surface area contributed by atoms with Crippen molar-refractivity contribution >= 4 is 0 Å². The molecule has 90 valence electrons. The van der Waals surface area contributed by atoms with E-state index in [1.807, 2.05) is 0 Å². The minimum absolute atomic E-state index is 0.152. The predicted molar refractivity (Wildman–Crippen MR) is 33.3 cm³/mol. The van der Waals surface area contributed by atoms with Crippen LogP contribution in [-0.4, -0.2) is 30.1 Å². The van der Waals surface area contributed by atoms with Crippen molar-refractivity contribution in [2.45, 2.75) is 18.4 Å². The van der Waals surface area contributed by atoms with E-state index in [1.54, 1.807) is 0 Å². The van der Waals surface area contributed by atoms with Crippen molar-refractivity contribution in [1.82, 2.24) is 0 Å². The molecule has 9 heteroatoms. The number of aliphatic hydroxyl groups is 1. The molecular weight excluding hydrogens is 237 g/mol. The van der Waals surface area contributed by atoms with Crippen molar-refractivity contribution in [1.29, 1.82) is 0 Å². The standard InChI is InChI=1S/C6H5F7O2/c7-4(2-1-3-14,5(8,9)10)15-6(11,12)13/h1-2,14H,3H2/b2-1+/t4-/m1/s1. The maximum atomic E-state index is 12.7. The summed E-state index contributed by atoms with van der Waals surface area (Å²) in [6.07, 6.45) is -12.1. The van der Waals surface area contributed by atoms with E-state index in [4.69, 9.17) is 5.11 Å². The van der Waals surface area contributed by atoms with Crippen molar-refractivity contribution in [2.24, 2.45) is 0 Å². The Morgan fingerprint density at radius 2 is 1.47 bits per heavy atom. The topological polar surface area (TPSA) is 29.5 Å². The van der Waals surface area contributed by atoms with E-state index in [1.165, 1.54) is 0 Å². The van der Waals surface area contributed by atoms with E-state index in [-0.39, 0.29) is 6.08 Å². The van der Waals surface area contributed by atoms with Crippen LogP contribution in [0.25, 0.3) is 0 Å². The van der Waals surface area contributed by atoms with Crippen LogP contribution in [0.15, 0.2) is 12.2 Å². The van der Waals surface area contributed by atoms with E-state index in [9.17, 15) is 30.7 Å². The van der Waals surface area contributed by atoms with Crippen molar-refractivity contribution in [3.8, 4) is 0 Å². The molecule has 0 heterocycles. The number of rotatable bonds is 3. The van der Waals surface area contributed by atoms with E-state index in [0.717, 1.165) is 0 Å². The second-order valence-corrected chi connectivity index (χ2v) is 2.28. The van der Waals surface area contributed by atoms with Crippen molar-refractivity contribution in [3.63, 3.8) is 0 Å². The third-order valence-electron chi connectivity index (χ3n) is 1.09.